The van der Waals surface area contributed by atoms with E-state index >= 15 is 0 Å². The minimum Gasteiger partial charge on any atom is -0.494 e. The molecule has 33 heavy (non-hydrogen) atoms. The molecule has 1 unspecified atom stereocenters. The van der Waals surface area contributed by atoms with Gasteiger partial charge in [-0.15, -0.1) is 0 Å². The minimum atomic E-state index is -4.96. The highest BCUT2D eigenvalue weighted by Gasteiger charge is 2.56. The number of aliphatic hydroxyl groups is 1. The van der Waals surface area contributed by atoms with Gasteiger partial charge in [-0.25, -0.2) is 0 Å². The average Bonchev–Trinajstić information content (AvgIpc) is 3.30. The number of benzene rings is 1. The Balaban J connectivity index is 1.74. The molecule has 3 N–H and O–H groups in total. The van der Waals surface area contributed by atoms with Crippen molar-refractivity contribution in [3.8, 4) is 11.6 Å². The number of halogens is 4. The molecule has 10 heteroatoms. The lowest BCUT2D eigenvalue weighted by Crippen LogP contribution is -2.51. The summed E-state index contributed by atoms with van der Waals surface area (Å²) in [7, 11) is 1.35. The van der Waals surface area contributed by atoms with E-state index in [1.165, 1.54) is 19.2 Å². The van der Waals surface area contributed by atoms with Gasteiger partial charge < -0.3 is 19.9 Å². The number of rotatable bonds is 5. The third kappa shape index (κ3) is 4.08. The zero-order valence-corrected chi connectivity index (χ0v) is 19.1. The summed E-state index contributed by atoms with van der Waals surface area (Å²) in [6.45, 7) is 3.64. The first-order chi connectivity index (χ1) is 15.2. The molecule has 2 aromatic heterocycles. The van der Waals surface area contributed by atoms with Gasteiger partial charge in [-0.3, -0.25) is 9.36 Å². The largest absolute Gasteiger partial charge is 0.494 e. The van der Waals surface area contributed by atoms with Crippen molar-refractivity contribution >= 4 is 22.5 Å². The summed E-state index contributed by atoms with van der Waals surface area (Å²) < 4.78 is 49.3. The van der Waals surface area contributed by atoms with Crippen molar-refractivity contribution in [3.63, 3.8) is 0 Å². The summed E-state index contributed by atoms with van der Waals surface area (Å²) in [6.07, 6.45) is -5.81. The molecule has 6 nitrogen and oxygen atoms in total. The molecule has 3 aromatic rings. The van der Waals surface area contributed by atoms with Crippen molar-refractivity contribution in [1.29, 1.82) is 0 Å². The summed E-state index contributed by atoms with van der Waals surface area (Å²) in [4.78, 5) is 14.6. The molecule has 1 atom stereocenters. The number of fused-ring (bicyclic) bond motifs is 2. The summed E-state index contributed by atoms with van der Waals surface area (Å²) in [5.41, 5.74) is -3.22. The number of nitrogens with one attached hydrogen (secondary N) is 1. The van der Waals surface area contributed by atoms with Crippen LogP contribution in [0.2, 0.25) is 5.02 Å². The highest BCUT2D eigenvalue weighted by Crippen LogP contribution is 2.47. The van der Waals surface area contributed by atoms with Gasteiger partial charge in [0.15, 0.2) is 5.60 Å². The number of aromatic nitrogens is 2. The van der Waals surface area contributed by atoms with Gasteiger partial charge in [0.2, 0.25) is 5.88 Å². The van der Waals surface area contributed by atoms with Crippen molar-refractivity contribution in [1.82, 2.24) is 9.55 Å². The Bertz CT molecular complexity index is 1300. The maximum atomic E-state index is 14.2. The fraction of sp³-hybridized carbons (Fsp3) is 0.435. The zero-order valence-electron chi connectivity index (χ0n) is 18.3. The second kappa shape index (κ2) is 7.70. The maximum Gasteiger partial charge on any atom is 0.417 e. The molecule has 0 spiro atoms. The van der Waals surface area contributed by atoms with E-state index in [0.29, 0.717) is 29.4 Å². The monoisotopic (exact) mass is 484 g/mol. The van der Waals surface area contributed by atoms with Crippen molar-refractivity contribution in [2.45, 2.75) is 50.3 Å². The van der Waals surface area contributed by atoms with Gasteiger partial charge in [-0.05, 0) is 35.6 Å². The number of nitrogens with zero attached hydrogens (tertiary/aromatic N) is 1. The highest BCUT2D eigenvalue weighted by molar-refractivity contribution is 6.30. The maximum absolute atomic E-state index is 14.2. The number of aromatic amines is 1. The Morgan fingerprint density at radius 3 is 2.58 bits per heavy atom. The molecule has 4 rings (SSSR count). The molecule has 0 radical (unpaired) electrons. The quantitative estimate of drug-likeness (QED) is 0.502. The summed E-state index contributed by atoms with van der Waals surface area (Å²) >= 11 is 6.21. The van der Waals surface area contributed by atoms with E-state index in [1.807, 2.05) is 0 Å². The Kier molecular flexibility index (Phi) is 5.48. The molecule has 0 saturated carbocycles. The van der Waals surface area contributed by atoms with Crippen molar-refractivity contribution in [2.24, 2.45) is 7.05 Å². The first kappa shape index (κ1) is 23.5. The Morgan fingerprint density at radius 1 is 1.21 bits per heavy atom. The van der Waals surface area contributed by atoms with Gasteiger partial charge in [-0.2, -0.15) is 13.2 Å². The van der Waals surface area contributed by atoms with Crippen molar-refractivity contribution in [3.05, 3.63) is 56.5 Å². The van der Waals surface area contributed by atoms with E-state index in [-0.39, 0.29) is 22.5 Å². The fourth-order valence-electron chi connectivity index (χ4n) is 4.60. The Labute approximate surface area is 192 Å². The third-order valence-corrected chi connectivity index (χ3v) is 6.50. The molecule has 3 heterocycles. The first-order valence-electron chi connectivity index (χ1n) is 10.4. The van der Waals surface area contributed by atoms with Gasteiger partial charge in [0.05, 0.1) is 17.5 Å². The van der Waals surface area contributed by atoms with Crippen LogP contribution < -0.4 is 10.3 Å². The minimum absolute atomic E-state index is 0.0362. The fourth-order valence-corrected chi connectivity index (χ4v) is 4.84. The zero-order chi connectivity index (χ0) is 24.3. The second-order valence-electron chi connectivity index (χ2n) is 9.29. The molecule has 0 bridgehead atoms. The molecule has 0 amide bonds. The van der Waals surface area contributed by atoms with Crippen LogP contribution in [0.4, 0.5) is 13.2 Å². The smallest absolute Gasteiger partial charge is 0.417 e. The van der Waals surface area contributed by atoms with Crippen LogP contribution in [0.25, 0.3) is 10.9 Å². The van der Waals surface area contributed by atoms with Crippen LogP contribution in [0.5, 0.6) is 11.6 Å². The molecule has 0 saturated heterocycles. The van der Waals surface area contributed by atoms with E-state index < -0.39 is 35.6 Å². The number of hydrogen-bond donors (Lipinski definition) is 3. The molecular formula is C23H24ClF3N2O4. The van der Waals surface area contributed by atoms with Crippen LogP contribution in [0, 0.1) is 0 Å². The number of aromatic hydroxyl groups is 1. The predicted octanol–water partition coefficient (Wildman–Crippen LogP) is 4.36. The molecule has 1 aliphatic heterocycles. The number of ether oxygens (including phenoxy) is 1. The van der Waals surface area contributed by atoms with E-state index in [0.717, 1.165) is 10.1 Å². The lowest BCUT2D eigenvalue weighted by molar-refractivity contribution is -0.266. The topological polar surface area (TPSA) is 87.5 Å². The van der Waals surface area contributed by atoms with E-state index in [4.69, 9.17) is 16.3 Å². The predicted molar refractivity (Wildman–Crippen MR) is 118 cm³/mol. The standard InChI is InChI=1S/C23H24ClF3N2O4/c1-21(2,16-7-13(24)6-12-4-5-33-19(12)16)11-22(32,23(25,26)27)10-14-8-15-17(28-14)9-18(30)29(3)20(15)31/h6-9,28,31-32H,4-5,10-11H2,1-3H3. The van der Waals surface area contributed by atoms with Crippen LogP contribution in [0.1, 0.15) is 37.1 Å². The lowest BCUT2D eigenvalue weighted by atomic mass is 9.73. The average molecular weight is 485 g/mol. The Hall–Kier alpha value is -2.65. The summed E-state index contributed by atoms with van der Waals surface area (Å²) in [5.74, 6) is 0.141. The molecule has 1 aliphatic rings. The van der Waals surface area contributed by atoms with Crippen LogP contribution >= 0.6 is 11.6 Å². The lowest BCUT2D eigenvalue weighted by Gasteiger charge is -2.38. The number of alkyl halides is 3. The number of hydrogen-bond acceptors (Lipinski definition) is 4. The highest BCUT2D eigenvalue weighted by atomic mass is 35.5. The second-order valence-corrected chi connectivity index (χ2v) is 9.73. The first-order valence-corrected chi connectivity index (χ1v) is 10.7. The molecular weight excluding hydrogens is 461 g/mol. The molecule has 0 fully saturated rings. The molecule has 0 aliphatic carbocycles. The van der Waals surface area contributed by atoms with Gasteiger partial charge in [0.1, 0.15) is 5.75 Å². The third-order valence-electron chi connectivity index (χ3n) is 6.28. The molecule has 1 aromatic carbocycles. The van der Waals surface area contributed by atoms with Crippen LogP contribution in [0.15, 0.2) is 29.1 Å². The van der Waals surface area contributed by atoms with Crippen molar-refractivity contribution < 1.29 is 28.1 Å². The summed E-state index contributed by atoms with van der Waals surface area (Å²) in [5, 5.41) is 21.7. The summed E-state index contributed by atoms with van der Waals surface area (Å²) in [6, 6.07) is 5.82. The van der Waals surface area contributed by atoms with Gasteiger partial charge >= 0.3 is 6.18 Å². The van der Waals surface area contributed by atoms with Gasteiger partial charge in [-0.1, -0.05) is 25.4 Å². The van der Waals surface area contributed by atoms with Gasteiger partial charge in [0.25, 0.3) is 5.56 Å². The molecule has 178 valence electrons. The van der Waals surface area contributed by atoms with E-state index in [1.54, 1.807) is 26.0 Å². The number of pyridine rings is 1. The Morgan fingerprint density at radius 2 is 1.91 bits per heavy atom. The van der Waals surface area contributed by atoms with E-state index in [2.05, 4.69) is 4.98 Å². The normalized spacial score (nSPS) is 16.0. The number of H-pyrrole nitrogens is 1. The SMILES string of the molecule is Cn1c(O)c2cc(CC(O)(CC(C)(C)c3cc(Cl)cc4c3OCC4)C(F)(F)F)[nH]c2cc1=O. The van der Waals surface area contributed by atoms with Gasteiger partial charge in [0, 0.05) is 42.2 Å². The van der Waals surface area contributed by atoms with E-state index in [9.17, 15) is 28.2 Å². The van der Waals surface area contributed by atoms with Crippen LogP contribution in [-0.4, -0.2) is 38.1 Å². The van der Waals surface area contributed by atoms with Crippen molar-refractivity contribution in [2.75, 3.05) is 6.61 Å². The van der Waals surface area contributed by atoms with Crippen LogP contribution in [0.3, 0.4) is 0 Å². The van der Waals surface area contributed by atoms with Crippen LogP contribution in [-0.2, 0) is 25.3 Å².